The third-order valence-corrected chi connectivity index (χ3v) is 3.14. The molecule has 0 aromatic carbocycles. The van der Waals surface area contributed by atoms with Crippen molar-refractivity contribution in [3.05, 3.63) is 11.6 Å². The number of nitrogens with one attached hydrogen (secondary N) is 2. The van der Waals surface area contributed by atoms with Crippen molar-refractivity contribution in [3.8, 4) is 0 Å². The quantitative estimate of drug-likeness (QED) is 0.794. The molecule has 1 heterocycles. The molecule has 2 rings (SSSR count). The summed E-state index contributed by atoms with van der Waals surface area (Å²) in [6.07, 6.45) is 2.27. The normalized spacial score (nSPS) is 16.9. The van der Waals surface area contributed by atoms with Gasteiger partial charge in [0.1, 0.15) is 5.82 Å². The molecule has 0 bridgehead atoms. The fourth-order valence-corrected chi connectivity index (χ4v) is 1.73. The van der Waals surface area contributed by atoms with Crippen LogP contribution in [0.2, 0.25) is 0 Å². The van der Waals surface area contributed by atoms with Crippen LogP contribution in [0.4, 0.5) is 0 Å². The second-order valence-corrected chi connectivity index (χ2v) is 5.10. The largest absolute Gasteiger partial charge is 0.383 e. The number of methoxy groups -OCH3 is 1. The van der Waals surface area contributed by atoms with Gasteiger partial charge in [0.2, 0.25) is 5.82 Å². The topological polar surface area (TPSA) is 79.9 Å². The molecule has 1 aliphatic rings. The first-order valence-corrected chi connectivity index (χ1v) is 6.34. The van der Waals surface area contributed by atoms with Crippen molar-refractivity contribution in [2.24, 2.45) is 5.92 Å². The average molecular weight is 252 g/mol. The van der Waals surface area contributed by atoms with Gasteiger partial charge in [-0.1, -0.05) is 13.8 Å². The molecular formula is C12H20N4O2. The first-order chi connectivity index (χ1) is 8.61. The van der Waals surface area contributed by atoms with Gasteiger partial charge in [-0.3, -0.25) is 9.89 Å². The molecule has 1 saturated carbocycles. The molecule has 1 amide bonds. The van der Waals surface area contributed by atoms with Gasteiger partial charge >= 0.3 is 0 Å². The number of amides is 1. The number of aromatic nitrogens is 3. The Morgan fingerprint density at radius 3 is 2.83 bits per heavy atom. The van der Waals surface area contributed by atoms with E-state index in [1.54, 1.807) is 7.11 Å². The van der Waals surface area contributed by atoms with E-state index < -0.39 is 0 Å². The number of rotatable bonds is 6. The molecule has 2 N–H and O–H groups in total. The van der Waals surface area contributed by atoms with Crippen LogP contribution < -0.4 is 5.32 Å². The van der Waals surface area contributed by atoms with Gasteiger partial charge in [-0.2, -0.15) is 0 Å². The molecule has 100 valence electrons. The molecule has 1 aromatic rings. The highest BCUT2D eigenvalue weighted by Crippen LogP contribution is 2.37. The molecule has 1 unspecified atom stereocenters. The number of ether oxygens (including phenoxy) is 1. The van der Waals surface area contributed by atoms with Crippen LogP contribution in [-0.2, 0) is 4.74 Å². The molecule has 1 fully saturated rings. The second-order valence-electron chi connectivity index (χ2n) is 5.10. The molecule has 1 atom stereocenters. The molecule has 1 aliphatic carbocycles. The van der Waals surface area contributed by atoms with E-state index in [4.69, 9.17) is 4.74 Å². The standard InChI is InChI=1S/C12H20N4O2/c1-7(2)9(6-18-3)13-12(17)11-14-10(15-16-11)8-4-5-8/h7-9H,4-6H2,1-3H3,(H,13,17)(H,14,15,16). The lowest BCUT2D eigenvalue weighted by Gasteiger charge is -2.20. The Morgan fingerprint density at radius 2 is 2.28 bits per heavy atom. The van der Waals surface area contributed by atoms with E-state index in [9.17, 15) is 4.79 Å². The Hall–Kier alpha value is -1.43. The average Bonchev–Trinajstić information content (AvgIpc) is 3.06. The van der Waals surface area contributed by atoms with E-state index in [0.29, 0.717) is 18.4 Å². The maximum atomic E-state index is 12.0. The SMILES string of the molecule is COCC(NC(=O)c1n[nH]c(C2CC2)n1)C(C)C. The Labute approximate surface area is 107 Å². The van der Waals surface area contributed by atoms with Gasteiger partial charge in [0.05, 0.1) is 12.6 Å². The van der Waals surface area contributed by atoms with Crippen molar-refractivity contribution < 1.29 is 9.53 Å². The number of carbonyl (C=O) groups is 1. The smallest absolute Gasteiger partial charge is 0.291 e. The number of H-pyrrole nitrogens is 1. The highest BCUT2D eigenvalue weighted by Gasteiger charge is 2.28. The lowest BCUT2D eigenvalue weighted by molar-refractivity contribution is 0.0857. The zero-order valence-electron chi connectivity index (χ0n) is 11.1. The summed E-state index contributed by atoms with van der Waals surface area (Å²) in [7, 11) is 1.62. The van der Waals surface area contributed by atoms with Crippen LogP contribution >= 0.6 is 0 Å². The minimum absolute atomic E-state index is 0.0228. The van der Waals surface area contributed by atoms with E-state index in [2.05, 4.69) is 20.5 Å². The highest BCUT2D eigenvalue weighted by molar-refractivity contribution is 5.90. The van der Waals surface area contributed by atoms with Crippen molar-refractivity contribution in [3.63, 3.8) is 0 Å². The van der Waals surface area contributed by atoms with Crippen molar-refractivity contribution in [2.75, 3.05) is 13.7 Å². The second kappa shape index (κ2) is 5.48. The Balaban J connectivity index is 1.96. The van der Waals surface area contributed by atoms with E-state index in [-0.39, 0.29) is 17.8 Å². The van der Waals surface area contributed by atoms with E-state index >= 15 is 0 Å². The zero-order valence-corrected chi connectivity index (χ0v) is 11.1. The van der Waals surface area contributed by atoms with Gasteiger partial charge in [-0.05, 0) is 18.8 Å². The molecular weight excluding hydrogens is 232 g/mol. The Morgan fingerprint density at radius 1 is 1.56 bits per heavy atom. The summed E-state index contributed by atoms with van der Waals surface area (Å²) in [6, 6.07) is -0.0228. The summed E-state index contributed by atoms with van der Waals surface area (Å²) in [6.45, 7) is 4.57. The van der Waals surface area contributed by atoms with E-state index in [0.717, 1.165) is 18.7 Å². The fraction of sp³-hybridized carbons (Fsp3) is 0.750. The van der Waals surface area contributed by atoms with Crippen LogP contribution in [0.3, 0.4) is 0 Å². The van der Waals surface area contributed by atoms with Crippen LogP contribution in [0, 0.1) is 5.92 Å². The van der Waals surface area contributed by atoms with Crippen LogP contribution in [0.25, 0.3) is 0 Å². The molecule has 0 spiro atoms. The molecule has 1 aromatic heterocycles. The third kappa shape index (κ3) is 3.07. The Kier molecular flexibility index (Phi) is 3.96. The van der Waals surface area contributed by atoms with Gasteiger partial charge in [0.25, 0.3) is 5.91 Å². The maximum absolute atomic E-state index is 12.0. The summed E-state index contributed by atoms with van der Waals surface area (Å²) in [5.41, 5.74) is 0. The molecule has 6 nitrogen and oxygen atoms in total. The van der Waals surface area contributed by atoms with E-state index in [1.165, 1.54) is 0 Å². The summed E-state index contributed by atoms with van der Waals surface area (Å²) in [4.78, 5) is 16.2. The molecule has 0 radical (unpaired) electrons. The van der Waals surface area contributed by atoms with Gasteiger partial charge in [-0.25, -0.2) is 4.98 Å². The zero-order chi connectivity index (χ0) is 13.1. The van der Waals surface area contributed by atoms with Gasteiger partial charge in [0.15, 0.2) is 0 Å². The number of hydrogen-bond donors (Lipinski definition) is 2. The van der Waals surface area contributed by atoms with Crippen LogP contribution in [0.15, 0.2) is 0 Å². The minimum atomic E-state index is -0.242. The third-order valence-electron chi connectivity index (χ3n) is 3.14. The van der Waals surface area contributed by atoms with Crippen LogP contribution in [0.1, 0.15) is 49.1 Å². The lowest BCUT2D eigenvalue weighted by atomic mass is 10.1. The molecule has 18 heavy (non-hydrogen) atoms. The van der Waals surface area contributed by atoms with E-state index in [1.807, 2.05) is 13.8 Å². The minimum Gasteiger partial charge on any atom is -0.383 e. The summed E-state index contributed by atoms with van der Waals surface area (Å²) < 4.78 is 5.09. The lowest BCUT2D eigenvalue weighted by Crippen LogP contribution is -2.42. The summed E-state index contributed by atoms with van der Waals surface area (Å²) >= 11 is 0. The Bertz CT molecular complexity index is 412. The number of hydrogen-bond acceptors (Lipinski definition) is 4. The maximum Gasteiger partial charge on any atom is 0.291 e. The molecule has 0 aliphatic heterocycles. The first-order valence-electron chi connectivity index (χ1n) is 6.34. The molecule has 0 saturated heterocycles. The van der Waals surface area contributed by atoms with Crippen molar-refractivity contribution in [1.29, 1.82) is 0 Å². The van der Waals surface area contributed by atoms with Gasteiger partial charge < -0.3 is 10.1 Å². The number of nitrogens with zero attached hydrogens (tertiary/aromatic N) is 2. The summed E-state index contributed by atoms with van der Waals surface area (Å²) in [5.74, 6) is 1.58. The van der Waals surface area contributed by atoms with Crippen LogP contribution in [-0.4, -0.2) is 40.8 Å². The number of aromatic amines is 1. The first kappa shape index (κ1) is 13.0. The monoisotopic (exact) mass is 252 g/mol. The van der Waals surface area contributed by atoms with Gasteiger partial charge in [-0.15, -0.1) is 5.10 Å². The highest BCUT2D eigenvalue weighted by atomic mass is 16.5. The fourth-order valence-electron chi connectivity index (χ4n) is 1.73. The number of carbonyl (C=O) groups excluding carboxylic acids is 1. The molecule has 6 heteroatoms. The predicted octanol–water partition coefficient (Wildman–Crippen LogP) is 1.08. The van der Waals surface area contributed by atoms with Crippen molar-refractivity contribution in [2.45, 2.75) is 38.6 Å². The van der Waals surface area contributed by atoms with Crippen LogP contribution in [0.5, 0.6) is 0 Å². The van der Waals surface area contributed by atoms with Gasteiger partial charge in [0, 0.05) is 13.0 Å². The predicted molar refractivity (Wildman–Crippen MR) is 66.3 cm³/mol. The van der Waals surface area contributed by atoms with Crippen molar-refractivity contribution >= 4 is 5.91 Å². The van der Waals surface area contributed by atoms with Crippen molar-refractivity contribution in [1.82, 2.24) is 20.5 Å². The summed E-state index contributed by atoms with van der Waals surface area (Å²) in [5, 5.41) is 9.69.